The lowest BCUT2D eigenvalue weighted by Gasteiger charge is -2.04. The minimum absolute atomic E-state index is 0.287. The highest BCUT2D eigenvalue weighted by molar-refractivity contribution is 7.16. The van der Waals surface area contributed by atoms with E-state index in [1.165, 1.54) is 11.3 Å². The second-order valence-electron chi connectivity index (χ2n) is 4.76. The Balaban J connectivity index is 1.78. The molecule has 2 aromatic heterocycles. The van der Waals surface area contributed by atoms with E-state index >= 15 is 0 Å². The van der Waals surface area contributed by atoms with Gasteiger partial charge in [-0.05, 0) is 12.1 Å². The van der Waals surface area contributed by atoms with E-state index < -0.39 is 0 Å². The van der Waals surface area contributed by atoms with Crippen LogP contribution in [0.4, 0.5) is 5.69 Å². The molecule has 0 saturated heterocycles. The summed E-state index contributed by atoms with van der Waals surface area (Å²) < 4.78 is 7.46. The van der Waals surface area contributed by atoms with Crippen molar-refractivity contribution >= 4 is 22.0 Å². The smallest absolute Gasteiger partial charge is 0.234 e. The van der Waals surface area contributed by atoms with Crippen LogP contribution in [0.2, 0.25) is 0 Å². The van der Waals surface area contributed by atoms with E-state index in [-0.39, 0.29) is 5.92 Å². The largest absolute Gasteiger partial charge is 0.486 e. The van der Waals surface area contributed by atoms with Crippen LogP contribution in [0.15, 0.2) is 24.3 Å². The minimum atomic E-state index is 0.287. The average molecular weight is 289 g/mol. The first kappa shape index (κ1) is 12.9. The van der Waals surface area contributed by atoms with Gasteiger partial charge in [0.05, 0.1) is 0 Å². The van der Waals surface area contributed by atoms with E-state index in [4.69, 9.17) is 10.5 Å². The summed E-state index contributed by atoms with van der Waals surface area (Å²) in [5.74, 6) is 1.89. The molecule has 0 bridgehead atoms. The van der Waals surface area contributed by atoms with Gasteiger partial charge in [-0.25, -0.2) is 0 Å². The van der Waals surface area contributed by atoms with Crippen LogP contribution in [0.5, 0.6) is 5.75 Å². The molecule has 0 saturated carbocycles. The van der Waals surface area contributed by atoms with Crippen molar-refractivity contribution in [3.8, 4) is 5.75 Å². The number of nitrogen functional groups attached to an aromatic ring is 1. The van der Waals surface area contributed by atoms with Crippen LogP contribution in [0.3, 0.4) is 0 Å². The summed E-state index contributed by atoms with van der Waals surface area (Å²) in [6.07, 6.45) is 0. The van der Waals surface area contributed by atoms with Crippen molar-refractivity contribution in [2.24, 2.45) is 0 Å². The van der Waals surface area contributed by atoms with E-state index in [2.05, 4.69) is 29.1 Å². The van der Waals surface area contributed by atoms with Crippen LogP contribution in [-0.4, -0.2) is 19.8 Å². The molecule has 0 aliphatic carbocycles. The number of nitrogens with zero attached hydrogens (tertiary/aromatic N) is 4. The van der Waals surface area contributed by atoms with Crippen molar-refractivity contribution in [3.63, 3.8) is 0 Å². The zero-order valence-electron chi connectivity index (χ0n) is 11.3. The van der Waals surface area contributed by atoms with Crippen molar-refractivity contribution in [2.45, 2.75) is 26.4 Å². The molecule has 7 heteroatoms. The zero-order valence-corrected chi connectivity index (χ0v) is 12.1. The third kappa shape index (κ3) is 2.44. The highest BCUT2D eigenvalue weighted by Gasteiger charge is 2.14. The summed E-state index contributed by atoms with van der Waals surface area (Å²) in [7, 11) is 0. The predicted molar refractivity (Wildman–Crippen MR) is 77.9 cm³/mol. The lowest BCUT2D eigenvalue weighted by atomic mass is 10.2. The van der Waals surface area contributed by atoms with Gasteiger partial charge in [0.1, 0.15) is 12.4 Å². The highest BCUT2D eigenvalue weighted by Crippen LogP contribution is 2.21. The van der Waals surface area contributed by atoms with Crippen LogP contribution < -0.4 is 10.5 Å². The van der Waals surface area contributed by atoms with Gasteiger partial charge in [0, 0.05) is 17.7 Å². The maximum atomic E-state index is 5.71. The molecule has 104 valence electrons. The number of fused-ring (bicyclic) bond motifs is 1. The number of aromatic nitrogens is 4. The number of benzene rings is 1. The molecule has 0 atom stereocenters. The number of rotatable bonds is 4. The summed E-state index contributed by atoms with van der Waals surface area (Å²) in [5.41, 5.74) is 6.39. The summed E-state index contributed by atoms with van der Waals surface area (Å²) in [5, 5.41) is 13.6. The number of hydrogen-bond donors (Lipinski definition) is 1. The van der Waals surface area contributed by atoms with E-state index in [9.17, 15) is 0 Å². The Bertz CT molecular complexity index is 733. The molecule has 0 aliphatic heterocycles. The van der Waals surface area contributed by atoms with Crippen molar-refractivity contribution in [1.82, 2.24) is 19.8 Å². The summed E-state index contributed by atoms with van der Waals surface area (Å²) in [6.45, 7) is 4.53. The molecular formula is C13H15N5OS. The second kappa shape index (κ2) is 5.09. The molecule has 2 N–H and O–H groups in total. The van der Waals surface area contributed by atoms with Gasteiger partial charge in [-0.3, -0.25) is 0 Å². The standard InChI is InChI=1S/C13H15N5OS/c1-8(2)12-15-16-13-18(12)17-11(20-13)7-19-10-5-3-4-9(14)6-10/h3-6,8H,7,14H2,1-2H3. The van der Waals surface area contributed by atoms with Gasteiger partial charge in [0.15, 0.2) is 10.8 Å². The van der Waals surface area contributed by atoms with Crippen LogP contribution in [0, 0.1) is 0 Å². The number of ether oxygens (including phenoxy) is 1. The quantitative estimate of drug-likeness (QED) is 0.746. The molecule has 0 amide bonds. The van der Waals surface area contributed by atoms with E-state index in [1.807, 2.05) is 18.2 Å². The molecule has 1 aromatic carbocycles. The first-order chi connectivity index (χ1) is 9.63. The second-order valence-corrected chi connectivity index (χ2v) is 5.80. The molecule has 6 nitrogen and oxygen atoms in total. The minimum Gasteiger partial charge on any atom is -0.486 e. The topological polar surface area (TPSA) is 78.3 Å². The maximum Gasteiger partial charge on any atom is 0.234 e. The van der Waals surface area contributed by atoms with Crippen molar-refractivity contribution in [1.29, 1.82) is 0 Å². The van der Waals surface area contributed by atoms with E-state index in [0.29, 0.717) is 12.3 Å². The lowest BCUT2D eigenvalue weighted by Crippen LogP contribution is -2.00. The fourth-order valence-corrected chi connectivity index (χ4v) is 2.59. The van der Waals surface area contributed by atoms with Gasteiger partial charge in [0.25, 0.3) is 0 Å². The maximum absolute atomic E-state index is 5.71. The lowest BCUT2D eigenvalue weighted by molar-refractivity contribution is 0.304. The Morgan fingerprint density at radius 2 is 2.20 bits per heavy atom. The molecule has 0 radical (unpaired) electrons. The third-order valence-corrected chi connectivity index (χ3v) is 3.67. The first-order valence-electron chi connectivity index (χ1n) is 6.33. The summed E-state index contributed by atoms with van der Waals surface area (Å²) in [6, 6.07) is 7.35. The summed E-state index contributed by atoms with van der Waals surface area (Å²) in [4.78, 5) is 0.792. The molecular weight excluding hydrogens is 274 g/mol. The first-order valence-corrected chi connectivity index (χ1v) is 7.14. The third-order valence-electron chi connectivity index (χ3n) is 2.79. The summed E-state index contributed by atoms with van der Waals surface area (Å²) >= 11 is 1.48. The van der Waals surface area contributed by atoms with Crippen LogP contribution >= 0.6 is 11.3 Å². The molecule has 20 heavy (non-hydrogen) atoms. The van der Waals surface area contributed by atoms with Crippen LogP contribution in [0.25, 0.3) is 4.96 Å². The normalized spacial score (nSPS) is 11.3. The van der Waals surface area contributed by atoms with Crippen LogP contribution in [-0.2, 0) is 6.61 Å². The SMILES string of the molecule is CC(C)c1nnc2sc(COc3cccc(N)c3)nn12. The molecule has 2 heterocycles. The highest BCUT2D eigenvalue weighted by atomic mass is 32.1. The van der Waals surface area contributed by atoms with Gasteiger partial charge in [-0.2, -0.15) is 9.61 Å². The van der Waals surface area contributed by atoms with E-state index in [1.54, 1.807) is 10.6 Å². The van der Waals surface area contributed by atoms with Gasteiger partial charge in [-0.1, -0.05) is 31.3 Å². The molecule has 0 unspecified atom stereocenters. The number of anilines is 1. The molecule has 0 aliphatic rings. The average Bonchev–Trinajstić information content (AvgIpc) is 2.95. The molecule has 0 spiro atoms. The zero-order chi connectivity index (χ0) is 14.1. The van der Waals surface area contributed by atoms with Gasteiger partial charge in [-0.15, -0.1) is 10.2 Å². The Hall–Kier alpha value is -2.15. The van der Waals surface area contributed by atoms with E-state index in [0.717, 1.165) is 21.5 Å². The molecule has 3 rings (SSSR count). The monoisotopic (exact) mass is 289 g/mol. The van der Waals surface area contributed by atoms with Crippen molar-refractivity contribution < 1.29 is 4.74 Å². The Morgan fingerprint density at radius 3 is 2.95 bits per heavy atom. The fourth-order valence-electron chi connectivity index (χ4n) is 1.84. The van der Waals surface area contributed by atoms with Gasteiger partial charge < -0.3 is 10.5 Å². The fraction of sp³-hybridized carbons (Fsp3) is 0.308. The molecule has 0 fully saturated rings. The Labute approximate surface area is 120 Å². The predicted octanol–water partition coefficient (Wildman–Crippen LogP) is 2.47. The van der Waals surface area contributed by atoms with Gasteiger partial charge in [0.2, 0.25) is 4.96 Å². The number of nitrogens with two attached hydrogens (primary N) is 1. The number of hydrogen-bond acceptors (Lipinski definition) is 6. The van der Waals surface area contributed by atoms with Crippen molar-refractivity contribution in [3.05, 3.63) is 35.1 Å². The Kier molecular flexibility index (Phi) is 3.27. The Morgan fingerprint density at radius 1 is 1.35 bits per heavy atom. The van der Waals surface area contributed by atoms with Gasteiger partial charge >= 0.3 is 0 Å². The molecule has 3 aromatic rings. The van der Waals surface area contributed by atoms with Crippen LogP contribution in [0.1, 0.15) is 30.6 Å². The van der Waals surface area contributed by atoms with Crippen molar-refractivity contribution in [2.75, 3.05) is 5.73 Å².